The molecule has 2 saturated carbocycles. The Kier molecular flexibility index (Phi) is 5.87. The van der Waals surface area contributed by atoms with Crippen molar-refractivity contribution in [1.29, 1.82) is 0 Å². The van der Waals surface area contributed by atoms with E-state index in [1.807, 2.05) is 0 Å². The van der Waals surface area contributed by atoms with Gasteiger partial charge >= 0.3 is 0 Å². The fourth-order valence-electron chi connectivity index (χ4n) is 4.94. The van der Waals surface area contributed by atoms with Gasteiger partial charge in [0.1, 0.15) is 6.04 Å². The van der Waals surface area contributed by atoms with Gasteiger partial charge in [0.15, 0.2) is 5.13 Å². The third-order valence-corrected chi connectivity index (χ3v) is 7.37. The van der Waals surface area contributed by atoms with Gasteiger partial charge in [0, 0.05) is 18.1 Å². The Morgan fingerprint density at radius 2 is 2.17 bits per heavy atom. The first-order valence-electron chi connectivity index (χ1n) is 10.4. The van der Waals surface area contributed by atoms with Gasteiger partial charge in [-0.05, 0) is 37.0 Å². The summed E-state index contributed by atoms with van der Waals surface area (Å²) in [5, 5.41) is 15.5. The summed E-state index contributed by atoms with van der Waals surface area (Å²) < 4.78 is 0. The maximum Gasteiger partial charge on any atom is 0.248 e. The molecular formula is C20H28N4O4S. The molecule has 1 unspecified atom stereocenters. The quantitative estimate of drug-likeness (QED) is 0.382. The molecule has 1 aliphatic heterocycles. The lowest BCUT2D eigenvalue weighted by molar-refractivity contribution is -0.158. The summed E-state index contributed by atoms with van der Waals surface area (Å²) in [6.45, 7) is 0.554. The van der Waals surface area contributed by atoms with Crippen LogP contribution < -0.4 is 5.32 Å². The highest BCUT2D eigenvalue weighted by atomic mass is 32.1. The Hall–Kier alpha value is -2.00. The number of nitrogens with one attached hydrogen (secondary N) is 1. The normalized spacial score (nSPS) is 23.9. The molecule has 0 aromatic carbocycles. The van der Waals surface area contributed by atoms with Crippen molar-refractivity contribution in [2.75, 3.05) is 18.4 Å². The van der Waals surface area contributed by atoms with Crippen LogP contribution in [0.25, 0.3) is 0 Å². The van der Waals surface area contributed by atoms with Crippen LogP contribution in [0.4, 0.5) is 5.13 Å². The van der Waals surface area contributed by atoms with E-state index in [2.05, 4.69) is 10.3 Å². The van der Waals surface area contributed by atoms with E-state index < -0.39 is 12.0 Å². The summed E-state index contributed by atoms with van der Waals surface area (Å²) in [6.07, 6.45) is 9.83. The summed E-state index contributed by atoms with van der Waals surface area (Å²) in [4.78, 5) is 43.2. The van der Waals surface area contributed by atoms with Gasteiger partial charge in [-0.2, -0.15) is 0 Å². The lowest BCUT2D eigenvalue weighted by Gasteiger charge is -2.30. The molecule has 4 rings (SSSR count). The molecular weight excluding hydrogens is 392 g/mol. The number of nitrogens with zero attached hydrogens (tertiary/aromatic N) is 3. The molecule has 3 amide bonds. The summed E-state index contributed by atoms with van der Waals surface area (Å²) >= 11 is 1.35. The van der Waals surface area contributed by atoms with Crippen molar-refractivity contribution in [3.05, 3.63) is 11.6 Å². The number of hydrogen-bond donors (Lipinski definition) is 2. The minimum Gasteiger partial charge on any atom is -0.330 e. The molecule has 2 atom stereocenters. The third-order valence-electron chi connectivity index (χ3n) is 6.68. The second-order valence-corrected chi connectivity index (χ2v) is 9.72. The highest BCUT2D eigenvalue weighted by Crippen LogP contribution is 2.55. The zero-order valence-electron chi connectivity index (χ0n) is 16.5. The molecule has 158 valence electrons. The molecule has 2 heterocycles. The number of aromatic nitrogens is 1. The average molecular weight is 421 g/mol. The number of amides is 3. The first-order valence-corrected chi connectivity index (χ1v) is 11.3. The maximum atomic E-state index is 13.5. The molecule has 29 heavy (non-hydrogen) atoms. The molecule has 1 aromatic rings. The van der Waals surface area contributed by atoms with Crippen molar-refractivity contribution in [1.82, 2.24) is 14.9 Å². The molecule has 9 heteroatoms. The Balaban J connectivity index is 1.50. The van der Waals surface area contributed by atoms with Crippen LogP contribution in [0.15, 0.2) is 11.6 Å². The van der Waals surface area contributed by atoms with Crippen LogP contribution >= 0.6 is 11.3 Å². The SMILES string of the molecule is O=CN(O)CC(CC1CCCC1)C(=O)N1CC2(CC2)C[C@H]1C(=O)Nc1nccs1. The van der Waals surface area contributed by atoms with Gasteiger partial charge in [-0.1, -0.05) is 25.7 Å². The Labute approximate surface area is 174 Å². The van der Waals surface area contributed by atoms with Gasteiger partial charge in [-0.3, -0.25) is 19.6 Å². The van der Waals surface area contributed by atoms with Crippen LogP contribution in [-0.2, 0) is 14.4 Å². The Morgan fingerprint density at radius 1 is 1.41 bits per heavy atom. The minimum atomic E-state index is -0.525. The average Bonchev–Trinajstić information content (AvgIpc) is 3.13. The summed E-state index contributed by atoms with van der Waals surface area (Å²) in [5.74, 6) is -0.379. The van der Waals surface area contributed by atoms with E-state index in [0.717, 1.165) is 38.5 Å². The molecule has 2 N–H and O–H groups in total. The molecule has 1 aromatic heterocycles. The van der Waals surface area contributed by atoms with Crippen LogP contribution in [0.3, 0.4) is 0 Å². The summed E-state index contributed by atoms with van der Waals surface area (Å²) in [5.41, 5.74) is 0.0576. The van der Waals surface area contributed by atoms with E-state index in [9.17, 15) is 19.6 Å². The molecule has 0 radical (unpaired) electrons. The predicted molar refractivity (Wildman–Crippen MR) is 107 cm³/mol. The number of hydroxylamine groups is 2. The summed E-state index contributed by atoms with van der Waals surface area (Å²) in [6, 6.07) is -0.525. The first-order chi connectivity index (χ1) is 14.0. The number of anilines is 1. The lowest BCUT2D eigenvalue weighted by atomic mass is 9.91. The van der Waals surface area contributed by atoms with Gasteiger partial charge in [0.25, 0.3) is 0 Å². The van der Waals surface area contributed by atoms with Crippen LogP contribution in [-0.4, -0.2) is 57.5 Å². The van der Waals surface area contributed by atoms with E-state index in [4.69, 9.17) is 0 Å². The van der Waals surface area contributed by atoms with Gasteiger partial charge < -0.3 is 10.2 Å². The molecule has 3 fully saturated rings. The topological polar surface area (TPSA) is 103 Å². The maximum absolute atomic E-state index is 13.5. The molecule has 2 aliphatic carbocycles. The first kappa shape index (κ1) is 20.3. The van der Waals surface area contributed by atoms with Crippen LogP contribution in [0, 0.1) is 17.3 Å². The van der Waals surface area contributed by atoms with Crippen molar-refractivity contribution in [3.63, 3.8) is 0 Å². The Bertz CT molecular complexity index is 746. The van der Waals surface area contributed by atoms with Crippen molar-refractivity contribution in [2.45, 2.75) is 57.4 Å². The number of rotatable bonds is 8. The smallest absolute Gasteiger partial charge is 0.248 e. The zero-order chi connectivity index (χ0) is 20.4. The highest BCUT2D eigenvalue weighted by Gasteiger charge is 2.55. The van der Waals surface area contributed by atoms with Crippen molar-refractivity contribution < 1.29 is 19.6 Å². The fraction of sp³-hybridized carbons (Fsp3) is 0.700. The minimum absolute atomic E-state index is 0.0247. The van der Waals surface area contributed by atoms with E-state index in [-0.39, 0.29) is 23.8 Å². The number of likely N-dealkylation sites (tertiary alicyclic amines) is 1. The van der Waals surface area contributed by atoms with E-state index in [0.29, 0.717) is 41.9 Å². The van der Waals surface area contributed by atoms with E-state index in [1.165, 1.54) is 11.3 Å². The van der Waals surface area contributed by atoms with Crippen molar-refractivity contribution >= 4 is 34.7 Å². The lowest BCUT2D eigenvalue weighted by Crippen LogP contribution is -2.48. The molecule has 1 spiro atoms. The zero-order valence-corrected chi connectivity index (χ0v) is 17.3. The van der Waals surface area contributed by atoms with Crippen LogP contribution in [0.5, 0.6) is 0 Å². The van der Waals surface area contributed by atoms with Crippen molar-refractivity contribution in [2.24, 2.45) is 17.3 Å². The number of carbonyl (C=O) groups excluding carboxylic acids is 3. The molecule has 0 bridgehead atoms. The predicted octanol–water partition coefficient (Wildman–Crippen LogP) is 2.51. The molecule has 8 nitrogen and oxygen atoms in total. The monoisotopic (exact) mass is 420 g/mol. The fourth-order valence-corrected chi connectivity index (χ4v) is 5.47. The number of carbonyl (C=O) groups is 3. The van der Waals surface area contributed by atoms with Crippen molar-refractivity contribution in [3.8, 4) is 0 Å². The third kappa shape index (κ3) is 4.61. The highest BCUT2D eigenvalue weighted by molar-refractivity contribution is 7.13. The van der Waals surface area contributed by atoms with Gasteiger partial charge in [-0.15, -0.1) is 11.3 Å². The Morgan fingerprint density at radius 3 is 2.79 bits per heavy atom. The van der Waals surface area contributed by atoms with E-state index >= 15 is 0 Å². The van der Waals surface area contributed by atoms with Gasteiger partial charge in [-0.25, -0.2) is 10.0 Å². The number of thiazole rings is 1. The van der Waals surface area contributed by atoms with Crippen LogP contribution in [0.2, 0.25) is 0 Å². The van der Waals surface area contributed by atoms with Gasteiger partial charge in [0.2, 0.25) is 18.2 Å². The van der Waals surface area contributed by atoms with Crippen LogP contribution in [0.1, 0.15) is 51.4 Å². The van der Waals surface area contributed by atoms with E-state index in [1.54, 1.807) is 16.5 Å². The molecule has 3 aliphatic rings. The largest absolute Gasteiger partial charge is 0.330 e. The summed E-state index contributed by atoms with van der Waals surface area (Å²) in [7, 11) is 0. The second-order valence-electron chi connectivity index (χ2n) is 8.82. The standard InChI is InChI=1S/C20H28N4O4S/c25-13-23(28)11-15(9-14-3-1-2-4-14)18(27)24-12-20(5-6-20)10-16(24)17(26)22-19-21-7-8-29-19/h7-8,13-16,28H,1-6,9-12H2,(H,21,22,26)/t15?,16-/m0/s1. The second kappa shape index (κ2) is 8.39. The molecule has 1 saturated heterocycles. The number of hydrogen-bond acceptors (Lipinski definition) is 6. The van der Waals surface area contributed by atoms with Gasteiger partial charge in [0.05, 0.1) is 12.5 Å².